The second kappa shape index (κ2) is 17.8. The molecular formula is C37H44F6N4O8S. The summed E-state index contributed by atoms with van der Waals surface area (Å²) in [7, 11) is -3.77. The van der Waals surface area contributed by atoms with Crippen molar-refractivity contribution in [1.29, 1.82) is 0 Å². The number of halogens is 6. The molecule has 2 heterocycles. The number of rotatable bonds is 10. The Morgan fingerprint density at radius 1 is 0.714 bits per heavy atom. The number of likely N-dealkylation sites (N-methyl/N-ethyl adjacent to an activating group) is 2. The fourth-order valence-electron chi connectivity index (χ4n) is 6.39. The van der Waals surface area contributed by atoms with E-state index in [1.807, 2.05) is 0 Å². The zero-order chi connectivity index (χ0) is 41.5. The van der Waals surface area contributed by atoms with Gasteiger partial charge in [-0.3, -0.25) is 9.59 Å². The van der Waals surface area contributed by atoms with Crippen LogP contribution in [0.2, 0.25) is 0 Å². The Morgan fingerprint density at radius 3 is 1.48 bits per heavy atom. The van der Waals surface area contributed by atoms with Crippen molar-refractivity contribution in [3.05, 3.63) is 78.4 Å². The average Bonchev–Trinajstić information content (AvgIpc) is 3.13. The van der Waals surface area contributed by atoms with Crippen molar-refractivity contribution in [3.8, 4) is 11.5 Å². The number of piperidine rings is 2. The molecule has 308 valence electrons. The third-order valence-electron chi connectivity index (χ3n) is 9.37. The van der Waals surface area contributed by atoms with E-state index in [1.165, 1.54) is 44.4 Å². The first-order chi connectivity index (χ1) is 26.1. The van der Waals surface area contributed by atoms with Gasteiger partial charge in [0.1, 0.15) is 22.7 Å². The van der Waals surface area contributed by atoms with Crippen LogP contribution in [0, 0.1) is 6.92 Å². The van der Waals surface area contributed by atoms with Gasteiger partial charge in [0.15, 0.2) is 0 Å². The molecule has 2 fully saturated rings. The number of hydrogen-bond acceptors (Lipinski definition) is 9. The number of sulfonamides is 1. The second-order valence-corrected chi connectivity index (χ2v) is 15.1. The predicted octanol–water partition coefficient (Wildman–Crippen LogP) is 5.51. The van der Waals surface area contributed by atoms with Crippen molar-refractivity contribution in [2.24, 2.45) is 0 Å². The van der Waals surface area contributed by atoms with Crippen LogP contribution < -0.4 is 24.6 Å². The lowest BCUT2D eigenvalue weighted by molar-refractivity contribution is -0.275. The van der Waals surface area contributed by atoms with Crippen molar-refractivity contribution >= 4 is 33.2 Å². The van der Waals surface area contributed by atoms with Gasteiger partial charge in [0.25, 0.3) is 11.8 Å². The predicted molar refractivity (Wildman–Crippen MR) is 193 cm³/mol. The Bertz CT molecular complexity index is 1900. The third kappa shape index (κ3) is 11.1. The van der Waals surface area contributed by atoms with Crippen LogP contribution in [0.3, 0.4) is 0 Å². The molecule has 5 rings (SSSR count). The van der Waals surface area contributed by atoms with Crippen LogP contribution in [0.4, 0.5) is 37.7 Å². The molecule has 2 amide bonds. The molecule has 0 atom stereocenters. The van der Waals surface area contributed by atoms with E-state index in [1.54, 1.807) is 39.0 Å². The van der Waals surface area contributed by atoms with Gasteiger partial charge < -0.3 is 34.8 Å². The van der Waals surface area contributed by atoms with Crippen molar-refractivity contribution < 1.29 is 64.0 Å². The molecular weight excluding hydrogens is 774 g/mol. The summed E-state index contributed by atoms with van der Waals surface area (Å²) < 4.78 is 108. The number of carbonyl (C=O) groups is 2. The molecule has 19 heteroatoms. The van der Waals surface area contributed by atoms with E-state index < -0.39 is 51.5 Å². The molecule has 0 aromatic heterocycles. The third-order valence-corrected chi connectivity index (χ3v) is 11.4. The van der Waals surface area contributed by atoms with Crippen LogP contribution in [0.15, 0.2) is 77.7 Å². The minimum absolute atomic E-state index is 0.0468. The maximum atomic E-state index is 13.1. The summed E-state index contributed by atoms with van der Waals surface area (Å²) in [6.07, 6.45) is -9.20. The Balaban J connectivity index is 0.000000265. The van der Waals surface area contributed by atoms with E-state index in [-0.39, 0.29) is 43.1 Å². The number of benzene rings is 3. The fourth-order valence-corrected chi connectivity index (χ4v) is 8.06. The van der Waals surface area contributed by atoms with E-state index in [4.69, 9.17) is 0 Å². The van der Waals surface area contributed by atoms with Crippen molar-refractivity contribution in [2.75, 3.05) is 49.1 Å². The normalized spacial score (nSPS) is 17.2. The Kier molecular flexibility index (Phi) is 14.1. The molecule has 0 aliphatic carbocycles. The average molecular weight is 819 g/mol. The highest BCUT2D eigenvalue weighted by atomic mass is 32.2. The highest BCUT2D eigenvalue weighted by Gasteiger charge is 2.45. The summed E-state index contributed by atoms with van der Waals surface area (Å²) >= 11 is 0. The van der Waals surface area contributed by atoms with Gasteiger partial charge in [0.2, 0.25) is 10.0 Å². The van der Waals surface area contributed by atoms with Crippen LogP contribution in [0.1, 0.15) is 45.1 Å². The number of anilines is 2. The number of nitrogens with one attached hydrogen (secondary N) is 1. The molecule has 3 N–H and O–H groups in total. The number of ether oxygens (including phenoxy) is 2. The first kappa shape index (κ1) is 44.3. The van der Waals surface area contributed by atoms with E-state index >= 15 is 0 Å². The number of aryl methyl sites for hydroxylation is 1. The lowest BCUT2D eigenvalue weighted by Gasteiger charge is -2.39. The van der Waals surface area contributed by atoms with Crippen LogP contribution in [0.25, 0.3) is 0 Å². The summed E-state index contributed by atoms with van der Waals surface area (Å²) in [6.45, 7) is 6.54. The number of amides is 2. The number of hydrogen-bond donors (Lipinski definition) is 3. The van der Waals surface area contributed by atoms with E-state index in [2.05, 4.69) is 14.8 Å². The first-order valence-corrected chi connectivity index (χ1v) is 19.1. The number of nitrogens with zero attached hydrogens (tertiary/aromatic N) is 3. The van der Waals surface area contributed by atoms with Gasteiger partial charge in [-0.05, 0) is 120 Å². The van der Waals surface area contributed by atoms with Crippen LogP contribution >= 0.6 is 0 Å². The van der Waals surface area contributed by atoms with Gasteiger partial charge in [-0.25, -0.2) is 8.42 Å². The van der Waals surface area contributed by atoms with Crippen LogP contribution in [0.5, 0.6) is 11.5 Å². The lowest BCUT2D eigenvalue weighted by Crippen LogP contribution is -2.56. The van der Waals surface area contributed by atoms with Gasteiger partial charge in [0, 0.05) is 37.6 Å². The molecule has 0 radical (unpaired) electrons. The van der Waals surface area contributed by atoms with Gasteiger partial charge in [-0.2, -0.15) is 4.31 Å². The second-order valence-electron chi connectivity index (χ2n) is 13.2. The van der Waals surface area contributed by atoms with Crippen molar-refractivity contribution in [3.63, 3.8) is 0 Å². The number of alkyl halides is 6. The van der Waals surface area contributed by atoms with Gasteiger partial charge in [0.05, 0.1) is 4.90 Å². The number of carbonyl (C=O) groups excluding carboxylic acids is 2. The summed E-state index contributed by atoms with van der Waals surface area (Å²) in [5, 5.41) is 24.6. The largest absolute Gasteiger partial charge is 0.573 e. The molecule has 0 spiro atoms. The summed E-state index contributed by atoms with van der Waals surface area (Å²) in [6, 6.07) is 16.4. The van der Waals surface area contributed by atoms with Gasteiger partial charge in [-0.15, -0.1) is 26.3 Å². The maximum absolute atomic E-state index is 13.1. The highest BCUT2D eigenvalue weighted by molar-refractivity contribution is 7.89. The minimum Gasteiger partial charge on any atom is -0.406 e. The summed E-state index contributed by atoms with van der Waals surface area (Å²) in [4.78, 5) is 28.5. The summed E-state index contributed by atoms with van der Waals surface area (Å²) in [5.74, 6) is -1.86. The Morgan fingerprint density at radius 2 is 1.11 bits per heavy atom. The monoisotopic (exact) mass is 818 g/mol. The van der Waals surface area contributed by atoms with E-state index in [0.29, 0.717) is 49.4 Å². The smallest absolute Gasteiger partial charge is 0.406 e. The molecule has 56 heavy (non-hydrogen) atoms. The van der Waals surface area contributed by atoms with Gasteiger partial charge >= 0.3 is 12.7 Å². The zero-order valence-corrected chi connectivity index (χ0v) is 31.7. The molecule has 3 aromatic carbocycles. The first-order valence-electron chi connectivity index (χ1n) is 17.7. The summed E-state index contributed by atoms with van der Waals surface area (Å²) in [5.41, 5.74) is -1.93. The van der Waals surface area contributed by atoms with Gasteiger partial charge in [-0.1, -0.05) is 18.2 Å². The Hall–Kier alpha value is -4.43. The fraction of sp³-hybridized carbons (Fsp3) is 0.459. The van der Waals surface area contributed by atoms with Crippen molar-refractivity contribution in [1.82, 2.24) is 9.62 Å². The molecule has 3 aromatic rings. The topological polar surface area (TPSA) is 149 Å². The molecule has 0 bridgehead atoms. The Labute approximate surface area is 320 Å². The highest BCUT2D eigenvalue weighted by Crippen LogP contribution is 2.33. The molecule has 0 saturated carbocycles. The number of aliphatic hydroxyl groups is 2. The molecule has 2 aliphatic rings. The van der Waals surface area contributed by atoms with Crippen LogP contribution in [-0.4, -0.2) is 97.9 Å². The maximum Gasteiger partial charge on any atom is 0.573 e. The molecule has 2 saturated heterocycles. The standard InChI is InChI=1S/C22H25F3N2O5S.C15H19F3N2O3/c1-3-27(17-8-10-18(11-9-17)32-22(23,24)25)20(28)21(29)12-14-26(15-13-21)33(30,31)19-7-5-4-6-16(19)2;1-2-20(13(21)14(22)7-9-19-10-8-14)11-3-5-12(6-4-11)23-15(16,17)18/h4-11,29H,3,12-15H2,1-2H3;3-6,19,22H,2,7-10H2,1H3. The van der Waals surface area contributed by atoms with Crippen LogP contribution in [-0.2, 0) is 19.6 Å². The molecule has 0 unspecified atom stereocenters. The van der Waals surface area contributed by atoms with E-state index in [0.717, 1.165) is 24.3 Å². The lowest BCUT2D eigenvalue weighted by atomic mass is 9.90. The molecule has 12 nitrogen and oxygen atoms in total. The zero-order valence-electron chi connectivity index (χ0n) is 30.9. The minimum atomic E-state index is -4.83. The van der Waals surface area contributed by atoms with Crippen molar-refractivity contribution in [2.45, 2.75) is 75.3 Å². The molecule has 2 aliphatic heterocycles. The van der Waals surface area contributed by atoms with E-state index in [9.17, 15) is 54.6 Å². The quantitative estimate of drug-likeness (QED) is 0.225. The SMILES string of the molecule is CCN(C(=O)C1(O)CCN(S(=O)(=O)c2ccccc2C)CC1)c1ccc(OC(F)(F)F)cc1.CCN(C(=O)C1(O)CCNCC1)c1ccc(OC(F)(F)F)cc1.